The van der Waals surface area contributed by atoms with Crippen LogP contribution in [0.5, 0.6) is 0 Å². The minimum Gasteiger partial charge on any atom is -0.371 e. The van der Waals surface area contributed by atoms with Crippen molar-refractivity contribution < 1.29 is 12.8 Å². The summed E-state index contributed by atoms with van der Waals surface area (Å²) in [7, 11) is -3.52. The largest absolute Gasteiger partial charge is 0.371 e. The van der Waals surface area contributed by atoms with Crippen LogP contribution < -0.4 is 4.90 Å². The van der Waals surface area contributed by atoms with Crippen LogP contribution in [0.3, 0.4) is 0 Å². The van der Waals surface area contributed by atoms with E-state index in [0.29, 0.717) is 5.69 Å². The van der Waals surface area contributed by atoms with E-state index in [1.807, 2.05) is 4.90 Å². The van der Waals surface area contributed by atoms with E-state index in [-0.39, 0.29) is 16.2 Å². The molecule has 0 saturated carbocycles. The lowest BCUT2D eigenvalue weighted by molar-refractivity contribution is 0.590. The maximum Gasteiger partial charge on any atom is 0.179 e. The predicted molar refractivity (Wildman–Crippen MR) is 73.5 cm³/mol. The maximum absolute atomic E-state index is 14.0. The molecule has 3 nitrogen and oxygen atoms in total. The Morgan fingerprint density at radius 2 is 2.00 bits per heavy atom. The molecule has 1 fully saturated rings. The van der Waals surface area contributed by atoms with Gasteiger partial charge in [0.15, 0.2) is 9.84 Å². The highest BCUT2D eigenvalue weighted by molar-refractivity contribution is 7.91. The molecule has 0 unspecified atom stereocenters. The molecule has 0 N–H and O–H groups in total. The molecule has 0 amide bonds. The van der Waals surface area contributed by atoms with Crippen LogP contribution in [0.4, 0.5) is 10.1 Å². The predicted octanol–water partition coefficient (Wildman–Crippen LogP) is 2.20. The highest BCUT2D eigenvalue weighted by atomic mass is 32.2. The van der Waals surface area contributed by atoms with E-state index in [4.69, 9.17) is 6.42 Å². The molecule has 2 rings (SSSR count). The first-order chi connectivity index (χ1) is 8.99. The van der Waals surface area contributed by atoms with Crippen molar-refractivity contribution in [1.29, 1.82) is 0 Å². The summed E-state index contributed by atoms with van der Waals surface area (Å²) < 4.78 is 38.0. The monoisotopic (exact) mass is 281 g/mol. The smallest absolute Gasteiger partial charge is 0.179 e. The molecule has 0 aliphatic carbocycles. The van der Waals surface area contributed by atoms with Gasteiger partial charge in [0.25, 0.3) is 0 Å². The zero-order valence-electron chi connectivity index (χ0n) is 10.8. The Bertz CT molecular complexity index is 626. The minimum atomic E-state index is -3.52. The van der Waals surface area contributed by atoms with Gasteiger partial charge in [0.05, 0.1) is 16.2 Å². The van der Waals surface area contributed by atoms with Crippen molar-refractivity contribution in [3.05, 3.63) is 23.5 Å². The van der Waals surface area contributed by atoms with Gasteiger partial charge in [-0.15, -0.1) is 6.42 Å². The van der Waals surface area contributed by atoms with Crippen LogP contribution in [0.15, 0.2) is 17.0 Å². The summed E-state index contributed by atoms with van der Waals surface area (Å²) >= 11 is 0. The molecule has 0 spiro atoms. The third kappa shape index (κ3) is 2.59. The Labute approximate surface area is 113 Å². The molecule has 1 aromatic rings. The molecule has 1 saturated heterocycles. The van der Waals surface area contributed by atoms with Crippen LogP contribution in [-0.2, 0) is 9.84 Å². The van der Waals surface area contributed by atoms with Gasteiger partial charge in [-0.2, -0.15) is 0 Å². The average Bonchev–Trinajstić information content (AvgIpc) is 2.91. The number of hydrogen-bond donors (Lipinski definition) is 0. The van der Waals surface area contributed by atoms with Crippen LogP contribution in [-0.4, -0.2) is 27.3 Å². The number of anilines is 1. The molecular weight excluding hydrogens is 265 g/mol. The molecule has 1 heterocycles. The Morgan fingerprint density at radius 1 is 1.37 bits per heavy atom. The van der Waals surface area contributed by atoms with Gasteiger partial charge in [0, 0.05) is 18.8 Å². The van der Waals surface area contributed by atoms with E-state index >= 15 is 0 Å². The third-order valence-corrected chi connectivity index (χ3v) is 5.12. The number of rotatable bonds is 3. The van der Waals surface area contributed by atoms with Gasteiger partial charge in [0.1, 0.15) is 5.82 Å². The van der Waals surface area contributed by atoms with Crippen LogP contribution >= 0.6 is 0 Å². The second-order valence-electron chi connectivity index (χ2n) is 4.54. The van der Waals surface area contributed by atoms with E-state index < -0.39 is 15.7 Å². The first-order valence-corrected chi connectivity index (χ1v) is 7.92. The molecule has 102 valence electrons. The summed E-state index contributed by atoms with van der Waals surface area (Å²) in [5, 5.41) is 0. The lowest BCUT2D eigenvalue weighted by atomic mass is 10.2. The number of sulfone groups is 1. The highest BCUT2D eigenvalue weighted by Gasteiger charge is 2.22. The summed E-state index contributed by atoms with van der Waals surface area (Å²) in [6.07, 6.45) is 7.31. The Morgan fingerprint density at radius 3 is 2.53 bits per heavy atom. The maximum atomic E-state index is 14.0. The SMILES string of the molecule is C#Cc1c(F)cc(N2CCCC2)cc1S(=O)(=O)CC. The van der Waals surface area contributed by atoms with E-state index in [9.17, 15) is 12.8 Å². The van der Waals surface area contributed by atoms with Gasteiger partial charge >= 0.3 is 0 Å². The van der Waals surface area contributed by atoms with Crippen LogP contribution in [0, 0.1) is 18.2 Å². The first kappa shape index (κ1) is 13.9. The fourth-order valence-corrected chi connectivity index (χ4v) is 3.35. The summed E-state index contributed by atoms with van der Waals surface area (Å²) in [5.41, 5.74) is 0.436. The first-order valence-electron chi connectivity index (χ1n) is 6.27. The van der Waals surface area contributed by atoms with Crippen molar-refractivity contribution in [1.82, 2.24) is 0 Å². The molecular formula is C14H16FNO2S. The average molecular weight is 281 g/mol. The lowest BCUT2D eigenvalue weighted by Gasteiger charge is -2.19. The normalized spacial score (nSPS) is 15.5. The number of halogens is 1. The van der Waals surface area contributed by atoms with Gasteiger partial charge in [-0.1, -0.05) is 12.8 Å². The van der Waals surface area contributed by atoms with Crippen LogP contribution in [0.25, 0.3) is 0 Å². The Balaban J connectivity index is 2.60. The number of terminal acetylenes is 1. The van der Waals surface area contributed by atoms with Crippen molar-refractivity contribution in [3.63, 3.8) is 0 Å². The third-order valence-electron chi connectivity index (χ3n) is 3.37. The Kier molecular flexibility index (Phi) is 3.81. The van der Waals surface area contributed by atoms with E-state index in [0.717, 1.165) is 25.9 Å². The van der Waals surface area contributed by atoms with Crippen molar-refractivity contribution in [3.8, 4) is 12.3 Å². The molecule has 0 aromatic heterocycles. The fourth-order valence-electron chi connectivity index (χ4n) is 2.27. The summed E-state index contributed by atoms with van der Waals surface area (Å²) in [5.74, 6) is 1.42. The molecule has 0 atom stereocenters. The van der Waals surface area contributed by atoms with Crippen molar-refractivity contribution in [2.75, 3.05) is 23.7 Å². The number of nitrogens with zero attached hydrogens (tertiary/aromatic N) is 1. The summed E-state index contributed by atoms with van der Waals surface area (Å²) in [6, 6.07) is 2.83. The van der Waals surface area contributed by atoms with Gasteiger partial charge in [-0.25, -0.2) is 12.8 Å². The van der Waals surface area contributed by atoms with E-state index in [2.05, 4.69) is 5.92 Å². The minimum absolute atomic E-state index is 0.0700. The van der Waals surface area contributed by atoms with Gasteiger partial charge in [-0.3, -0.25) is 0 Å². The molecule has 1 aliphatic rings. The molecule has 0 radical (unpaired) electrons. The van der Waals surface area contributed by atoms with E-state index in [1.54, 1.807) is 0 Å². The highest BCUT2D eigenvalue weighted by Crippen LogP contribution is 2.28. The fraction of sp³-hybridized carbons (Fsp3) is 0.429. The zero-order valence-corrected chi connectivity index (χ0v) is 11.6. The van der Waals surface area contributed by atoms with Crippen LogP contribution in [0.2, 0.25) is 0 Å². The van der Waals surface area contributed by atoms with E-state index in [1.165, 1.54) is 19.1 Å². The van der Waals surface area contributed by atoms with Crippen molar-refractivity contribution in [2.45, 2.75) is 24.7 Å². The quantitative estimate of drug-likeness (QED) is 0.797. The zero-order chi connectivity index (χ0) is 14.0. The number of hydrogen-bond acceptors (Lipinski definition) is 3. The van der Waals surface area contributed by atoms with Gasteiger partial charge in [0.2, 0.25) is 0 Å². The summed E-state index contributed by atoms with van der Waals surface area (Å²) in [4.78, 5) is 1.91. The lowest BCUT2D eigenvalue weighted by Crippen LogP contribution is -2.19. The molecule has 5 heteroatoms. The summed E-state index contributed by atoms with van der Waals surface area (Å²) in [6.45, 7) is 3.16. The second kappa shape index (κ2) is 5.22. The second-order valence-corrected chi connectivity index (χ2v) is 6.79. The number of benzene rings is 1. The standard InChI is InChI=1S/C14H16FNO2S/c1-3-12-13(15)9-11(16-7-5-6-8-16)10-14(12)19(17,18)4-2/h1,9-10H,4-8H2,2H3. The topological polar surface area (TPSA) is 37.4 Å². The molecule has 19 heavy (non-hydrogen) atoms. The van der Waals surface area contributed by atoms with Crippen molar-refractivity contribution in [2.24, 2.45) is 0 Å². The van der Waals surface area contributed by atoms with Gasteiger partial charge in [-0.05, 0) is 25.0 Å². The molecule has 1 aromatic carbocycles. The van der Waals surface area contributed by atoms with Gasteiger partial charge < -0.3 is 4.90 Å². The Hall–Kier alpha value is -1.54. The van der Waals surface area contributed by atoms with Crippen LogP contribution in [0.1, 0.15) is 25.3 Å². The molecule has 0 bridgehead atoms. The van der Waals surface area contributed by atoms with Crippen molar-refractivity contribution >= 4 is 15.5 Å². The molecule has 1 aliphatic heterocycles.